The number of nitrogens with one attached hydrogen (secondary N) is 1. The van der Waals surface area contributed by atoms with E-state index in [1.165, 1.54) is 25.8 Å². The van der Waals surface area contributed by atoms with E-state index in [-0.39, 0.29) is 18.1 Å². The fourth-order valence-electron chi connectivity index (χ4n) is 3.95. The highest BCUT2D eigenvalue weighted by atomic mass is 16.3. The number of rotatable bonds is 5. The van der Waals surface area contributed by atoms with Gasteiger partial charge in [-0.05, 0) is 56.4 Å². The Hall–Kier alpha value is -0.810. The minimum atomic E-state index is 0.0486. The molecule has 0 aromatic carbocycles. The third kappa shape index (κ3) is 3.57. The van der Waals surface area contributed by atoms with E-state index < -0.39 is 0 Å². The van der Waals surface area contributed by atoms with E-state index in [2.05, 4.69) is 17.1 Å². The number of nitrogens with zero attached hydrogens (tertiary/aromatic N) is 2. The van der Waals surface area contributed by atoms with Gasteiger partial charge in [-0.1, -0.05) is 6.92 Å². The van der Waals surface area contributed by atoms with Gasteiger partial charge in [0.2, 0.25) is 0 Å². The summed E-state index contributed by atoms with van der Waals surface area (Å²) in [6, 6.07) is 0.941. The second-order valence-electron chi connectivity index (χ2n) is 7.57. The molecule has 3 fully saturated rings. The van der Waals surface area contributed by atoms with Gasteiger partial charge in [0.15, 0.2) is 0 Å². The summed E-state index contributed by atoms with van der Waals surface area (Å²) in [6.45, 7) is 7.13. The zero-order valence-electron chi connectivity index (χ0n) is 13.9. The van der Waals surface area contributed by atoms with Crippen molar-refractivity contribution in [3.05, 3.63) is 0 Å². The van der Waals surface area contributed by atoms with Crippen molar-refractivity contribution in [2.45, 2.75) is 51.5 Å². The molecular formula is C17H31N3O2. The first kappa shape index (κ1) is 16.1. The Morgan fingerprint density at radius 3 is 2.55 bits per heavy atom. The van der Waals surface area contributed by atoms with Crippen LogP contribution < -0.4 is 5.32 Å². The van der Waals surface area contributed by atoms with Gasteiger partial charge in [0.25, 0.3) is 0 Å². The summed E-state index contributed by atoms with van der Waals surface area (Å²) in [7, 11) is 0. The van der Waals surface area contributed by atoms with Crippen LogP contribution in [0.1, 0.15) is 45.4 Å². The van der Waals surface area contributed by atoms with Crippen LogP contribution in [0, 0.1) is 11.3 Å². The molecule has 126 valence electrons. The Morgan fingerprint density at radius 1 is 1.23 bits per heavy atom. The number of hydrogen-bond acceptors (Lipinski definition) is 3. The summed E-state index contributed by atoms with van der Waals surface area (Å²) in [4.78, 5) is 16.8. The highest BCUT2D eigenvalue weighted by Crippen LogP contribution is 2.34. The van der Waals surface area contributed by atoms with E-state index in [1.54, 1.807) is 0 Å². The standard InChI is InChI=1S/C17H31N3O2/c1-2-17(13-21)6-9-19(10-7-17)16(22)18-11-14-5-8-20(12-14)15-3-4-15/h14-15,21H,2-13H2,1H3,(H,18,22). The number of hydrogen-bond donors (Lipinski definition) is 2. The number of likely N-dealkylation sites (tertiary alicyclic amines) is 2. The molecule has 2 saturated heterocycles. The van der Waals surface area contributed by atoms with Crippen molar-refractivity contribution in [3.63, 3.8) is 0 Å². The first-order valence-corrected chi connectivity index (χ1v) is 9.03. The number of piperidine rings is 1. The van der Waals surface area contributed by atoms with Gasteiger partial charge in [-0.2, -0.15) is 0 Å². The lowest BCUT2D eigenvalue weighted by atomic mass is 9.77. The lowest BCUT2D eigenvalue weighted by molar-refractivity contribution is 0.0518. The molecule has 0 bridgehead atoms. The van der Waals surface area contributed by atoms with Crippen LogP contribution >= 0.6 is 0 Å². The average Bonchev–Trinajstić information content (AvgIpc) is 3.31. The molecule has 1 unspecified atom stereocenters. The Morgan fingerprint density at radius 2 is 1.95 bits per heavy atom. The Labute approximate surface area is 134 Å². The molecule has 5 heteroatoms. The quantitative estimate of drug-likeness (QED) is 0.812. The first-order valence-electron chi connectivity index (χ1n) is 9.03. The van der Waals surface area contributed by atoms with Crippen molar-refractivity contribution in [2.24, 2.45) is 11.3 Å². The number of urea groups is 1. The van der Waals surface area contributed by atoms with Crippen molar-refractivity contribution < 1.29 is 9.90 Å². The maximum atomic E-state index is 12.3. The second kappa shape index (κ2) is 6.75. The van der Waals surface area contributed by atoms with Crippen LogP contribution in [-0.2, 0) is 0 Å². The molecule has 22 heavy (non-hydrogen) atoms. The van der Waals surface area contributed by atoms with E-state index >= 15 is 0 Å². The second-order valence-corrected chi connectivity index (χ2v) is 7.57. The number of amides is 2. The first-order chi connectivity index (χ1) is 10.7. The van der Waals surface area contributed by atoms with Crippen LogP contribution in [0.3, 0.4) is 0 Å². The van der Waals surface area contributed by atoms with Gasteiger partial charge in [0.05, 0.1) is 0 Å². The Kier molecular flexibility index (Phi) is 4.93. The SMILES string of the molecule is CCC1(CO)CCN(C(=O)NCC2CCN(C3CC3)C2)CC1. The summed E-state index contributed by atoms with van der Waals surface area (Å²) in [5.41, 5.74) is 0.0486. The molecule has 5 nitrogen and oxygen atoms in total. The number of aliphatic hydroxyl groups is 1. The molecule has 3 aliphatic rings. The average molecular weight is 309 g/mol. The fourth-order valence-corrected chi connectivity index (χ4v) is 3.95. The largest absolute Gasteiger partial charge is 0.396 e. The number of aliphatic hydroxyl groups excluding tert-OH is 1. The minimum Gasteiger partial charge on any atom is -0.396 e. The van der Waals surface area contributed by atoms with Crippen LogP contribution in [0.25, 0.3) is 0 Å². The molecule has 2 amide bonds. The molecule has 1 atom stereocenters. The third-order valence-corrected chi connectivity index (χ3v) is 6.12. The van der Waals surface area contributed by atoms with Crippen molar-refractivity contribution in [1.82, 2.24) is 15.1 Å². The van der Waals surface area contributed by atoms with Gasteiger partial charge in [-0.25, -0.2) is 4.79 Å². The fraction of sp³-hybridized carbons (Fsp3) is 0.941. The topological polar surface area (TPSA) is 55.8 Å². The maximum absolute atomic E-state index is 12.3. The predicted octanol–water partition coefficient (Wildman–Crippen LogP) is 1.66. The summed E-state index contributed by atoms with van der Waals surface area (Å²) in [5, 5.41) is 12.7. The normalized spacial score (nSPS) is 28.8. The number of carbonyl (C=O) groups excluding carboxylic acids is 1. The van der Waals surface area contributed by atoms with Crippen LogP contribution in [0.15, 0.2) is 0 Å². The molecule has 0 radical (unpaired) electrons. The van der Waals surface area contributed by atoms with Crippen molar-refractivity contribution in [2.75, 3.05) is 39.3 Å². The summed E-state index contributed by atoms with van der Waals surface area (Å²) >= 11 is 0. The molecule has 0 aromatic heterocycles. The van der Waals surface area contributed by atoms with Crippen molar-refractivity contribution in [1.29, 1.82) is 0 Å². The molecule has 0 spiro atoms. The van der Waals surface area contributed by atoms with Gasteiger partial charge in [0, 0.05) is 38.8 Å². The molecule has 1 aliphatic carbocycles. The predicted molar refractivity (Wildman–Crippen MR) is 86.7 cm³/mol. The van der Waals surface area contributed by atoms with E-state index in [4.69, 9.17) is 0 Å². The monoisotopic (exact) mass is 309 g/mol. The van der Waals surface area contributed by atoms with Gasteiger partial charge in [-0.15, -0.1) is 0 Å². The highest BCUT2D eigenvalue weighted by molar-refractivity contribution is 5.74. The molecule has 3 rings (SSSR count). The smallest absolute Gasteiger partial charge is 0.317 e. The molecule has 2 heterocycles. The van der Waals surface area contributed by atoms with E-state index in [0.717, 1.165) is 51.5 Å². The van der Waals surface area contributed by atoms with Gasteiger partial charge in [-0.3, -0.25) is 0 Å². The maximum Gasteiger partial charge on any atom is 0.317 e. The van der Waals surface area contributed by atoms with E-state index in [9.17, 15) is 9.90 Å². The lowest BCUT2D eigenvalue weighted by Crippen LogP contribution is -2.49. The molecule has 0 aromatic rings. The van der Waals surface area contributed by atoms with Crippen LogP contribution in [0.2, 0.25) is 0 Å². The number of carbonyl (C=O) groups is 1. The lowest BCUT2D eigenvalue weighted by Gasteiger charge is -2.40. The molecular weight excluding hydrogens is 278 g/mol. The zero-order valence-corrected chi connectivity index (χ0v) is 13.9. The summed E-state index contributed by atoms with van der Waals surface area (Å²) < 4.78 is 0. The molecule has 2 N–H and O–H groups in total. The van der Waals surface area contributed by atoms with Crippen molar-refractivity contribution >= 4 is 6.03 Å². The van der Waals surface area contributed by atoms with E-state index in [0.29, 0.717) is 5.92 Å². The minimum absolute atomic E-state index is 0.0486. The molecule has 2 aliphatic heterocycles. The Balaban J connectivity index is 1.38. The summed E-state index contributed by atoms with van der Waals surface area (Å²) in [6.07, 6.45) is 6.81. The summed E-state index contributed by atoms with van der Waals surface area (Å²) in [5.74, 6) is 0.626. The Bertz CT molecular complexity index is 383. The van der Waals surface area contributed by atoms with Crippen LogP contribution in [-0.4, -0.2) is 66.3 Å². The van der Waals surface area contributed by atoms with Crippen LogP contribution in [0.4, 0.5) is 4.79 Å². The molecule has 1 saturated carbocycles. The third-order valence-electron chi connectivity index (χ3n) is 6.12. The van der Waals surface area contributed by atoms with E-state index in [1.807, 2.05) is 4.90 Å². The zero-order chi connectivity index (χ0) is 15.6. The van der Waals surface area contributed by atoms with Gasteiger partial charge in [0.1, 0.15) is 0 Å². The van der Waals surface area contributed by atoms with Crippen molar-refractivity contribution in [3.8, 4) is 0 Å². The van der Waals surface area contributed by atoms with Gasteiger partial charge < -0.3 is 20.2 Å². The van der Waals surface area contributed by atoms with Gasteiger partial charge >= 0.3 is 6.03 Å². The van der Waals surface area contributed by atoms with Crippen LogP contribution in [0.5, 0.6) is 0 Å². The highest BCUT2D eigenvalue weighted by Gasteiger charge is 2.36.